The van der Waals surface area contributed by atoms with Crippen molar-refractivity contribution < 1.29 is 9.90 Å². The maximum absolute atomic E-state index is 12.5. The lowest BCUT2D eigenvalue weighted by atomic mass is 9.92. The lowest BCUT2D eigenvalue weighted by Gasteiger charge is -2.41. The van der Waals surface area contributed by atoms with Crippen molar-refractivity contribution in [2.45, 2.75) is 44.6 Å². The number of hydrogen-bond acceptors (Lipinski definition) is 5. The van der Waals surface area contributed by atoms with E-state index in [2.05, 4.69) is 9.88 Å². The van der Waals surface area contributed by atoms with Crippen molar-refractivity contribution in [3.05, 3.63) is 16.1 Å². The summed E-state index contributed by atoms with van der Waals surface area (Å²) in [6, 6.07) is 0. The smallest absolute Gasteiger partial charge is 0.228 e. The first-order valence-electron chi connectivity index (χ1n) is 8.18. The van der Waals surface area contributed by atoms with Crippen LogP contribution in [0.3, 0.4) is 0 Å². The molecule has 1 atom stereocenters. The Balaban J connectivity index is 1.58. The molecule has 1 aromatic rings. The predicted molar refractivity (Wildman–Crippen MR) is 87.0 cm³/mol. The van der Waals surface area contributed by atoms with E-state index in [4.69, 9.17) is 0 Å². The Kier molecular flexibility index (Phi) is 4.80. The van der Waals surface area contributed by atoms with E-state index >= 15 is 0 Å². The summed E-state index contributed by atoms with van der Waals surface area (Å²) in [4.78, 5) is 21.0. The second kappa shape index (κ2) is 6.64. The zero-order valence-corrected chi connectivity index (χ0v) is 14.1. The molecule has 1 amide bonds. The van der Waals surface area contributed by atoms with Gasteiger partial charge in [-0.05, 0) is 45.7 Å². The van der Waals surface area contributed by atoms with Crippen LogP contribution in [0.25, 0.3) is 0 Å². The molecule has 22 heavy (non-hydrogen) atoms. The highest BCUT2D eigenvalue weighted by Crippen LogP contribution is 2.24. The molecule has 1 aromatic heterocycles. The van der Waals surface area contributed by atoms with E-state index in [0.717, 1.165) is 43.2 Å². The number of aromatic nitrogens is 1. The molecule has 3 heterocycles. The number of nitrogens with zero attached hydrogens (tertiary/aromatic N) is 3. The molecule has 2 fully saturated rings. The molecule has 122 valence electrons. The number of piperidine rings is 1. The number of carbonyl (C=O) groups excluding carboxylic acids is 1. The number of likely N-dealkylation sites (tertiary alicyclic amines) is 2. The van der Waals surface area contributed by atoms with Crippen LogP contribution in [0.4, 0.5) is 0 Å². The summed E-state index contributed by atoms with van der Waals surface area (Å²) in [6.45, 7) is 6.03. The van der Waals surface area contributed by atoms with Gasteiger partial charge < -0.3 is 14.9 Å². The highest BCUT2D eigenvalue weighted by atomic mass is 32.1. The largest absolute Gasteiger partial charge is 0.387 e. The number of β-amino-alcohol motifs (C(OH)–C–C–N with tert-alkyl or cyclic N) is 1. The first-order valence-corrected chi connectivity index (χ1v) is 9.06. The number of amides is 1. The van der Waals surface area contributed by atoms with Crippen molar-refractivity contribution >= 4 is 17.2 Å². The quantitative estimate of drug-likeness (QED) is 0.911. The molecule has 0 bridgehead atoms. The van der Waals surface area contributed by atoms with Crippen LogP contribution >= 0.6 is 11.3 Å². The molecule has 2 aliphatic rings. The van der Waals surface area contributed by atoms with Gasteiger partial charge in [0.15, 0.2) is 0 Å². The summed E-state index contributed by atoms with van der Waals surface area (Å²) in [6.07, 6.45) is 4.48. The van der Waals surface area contributed by atoms with E-state index in [-0.39, 0.29) is 5.91 Å². The monoisotopic (exact) mass is 323 g/mol. The predicted octanol–water partition coefficient (Wildman–Crippen LogP) is 1.44. The van der Waals surface area contributed by atoms with Gasteiger partial charge in [0.25, 0.3) is 0 Å². The van der Waals surface area contributed by atoms with Crippen LogP contribution in [-0.2, 0) is 11.2 Å². The number of thiazole rings is 1. The summed E-state index contributed by atoms with van der Waals surface area (Å²) in [7, 11) is 0. The van der Waals surface area contributed by atoms with E-state index < -0.39 is 5.60 Å². The molecule has 5 nitrogen and oxygen atoms in total. The lowest BCUT2D eigenvalue weighted by Crippen LogP contribution is -2.55. The van der Waals surface area contributed by atoms with Crippen LogP contribution in [-0.4, -0.2) is 64.1 Å². The molecular weight excluding hydrogens is 298 g/mol. The van der Waals surface area contributed by atoms with Crippen LogP contribution < -0.4 is 0 Å². The number of carbonyl (C=O) groups is 1. The zero-order valence-electron chi connectivity index (χ0n) is 13.3. The van der Waals surface area contributed by atoms with E-state index in [0.29, 0.717) is 19.5 Å². The third-order valence-corrected chi connectivity index (χ3v) is 5.45. The van der Waals surface area contributed by atoms with Crippen molar-refractivity contribution in [2.24, 2.45) is 0 Å². The van der Waals surface area contributed by atoms with Gasteiger partial charge in [0.05, 0.1) is 29.3 Å². The highest BCUT2D eigenvalue weighted by molar-refractivity contribution is 7.09. The van der Waals surface area contributed by atoms with Gasteiger partial charge in [0.2, 0.25) is 5.91 Å². The van der Waals surface area contributed by atoms with Gasteiger partial charge in [-0.15, -0.1) is 11.3 Å². The van der Waals surface area contributed by atoms with Crippen molar-refractivity contribution in [1.29, 1.82) is 0 Å². The second-order valence-electron chi connectivity index (χ2n) is 6.66. The first-order chi connectivity index (χ1) is 10.5. The third kappa shape index (κ3) is 3.86. The van der Waals surface area contributed by atoms with Gasteiger partial charge in [-0.2, -0.15) is 0 Å². The zero-order chi connectivity index (χ0) is 15.6. The molecule has 0 saturated carbocycles. The minimum atomic E-state index is -0.740. The topological polar surface area (TPSA) is 56.7 Å². The van der Waals surface area contributed by atoms with Gasteiger partial charge in [0, 0.05) is 18.5 Å². The van der Waals surface area contributed by atoms with Gasteiger partial charge in [-0.1, -0.05) is 0 Å². The van der Waals surface area contributed by atoms with E-state index in [1.165, 1.54) is 12.8 Å². The number of rotatable bonds is 4. The molecule has 0 aliphatic carbocycles. The van der Waals surface area contributed by atoms with Crippen LogP contribution in [0.2, 0.25) is 0 Å². The lowest BCUT2D eigenvalue weighted by molar-refractivity contribution is -0.138. The molecular formula is C16H25N3O2S. The van der Waals surface area contributed by atoms with Crippen molar-refractivity contribution in [3.63, 3.8) is 0 Å². The van der Waals surface area contributed by atoms with Crippen LogP contribution in [0.15, 0.2) is 5.38 Å². The van der Waals surface area contributed by atoms with E-state index in [1.54, 1.807) is 11.3 Å². The Hall–Kier alpha value is -0.980. The summed E-state index contributed by atoms with van der Waals surface area (Å²) in [5.74, 6) is 0.0878. The molecule has 0 unspecified atom stereocenters. The molecule has 0 radical (unpaired) electrons. The maximum atomic E-state index is 12.5. The molecule has 0 spiro atoms. The summed E-state index contributed by atoms with van der Waals surface area (Å²) in [5.41, 5.74) is 0.108. The third-order valence-electron chi connectivity index (χ3n) is 4.62. The molecule has 0 aromatic carbocycles. The highest BCUT2D eigenvalue weighted by Gasteiger charge is 2.37. The number of hydrogen-bond donors (Lipinski definition) is 1. The average Bonchev–Trinajstić information content (AvgIpc) is 3.10. The Bertz CT molecular complexity index is 527. The summed E-state index contributed by atoms with van der Waals surface area (Å²) >= 11 is 1.58. The Morgan fingerprint density at radius 1 is 1.36 bits per heavy atom. The SMILES string of the molecule is Cc1nc(CC(=O)N2CCC[C@@](O)(CN3CCCC3)C2)cs1. The standard InChI is InChI=1S/C16H25N3O2S/c1-13-17-14(10-22-13)9-15(20)19-8-4-5-16(21,12-19)11-18-6-2-3-7-18/h10,21H,2-9,11-12H2,1H3/t16-/m1/s1. The van der Waals surface area contributed by atoms with Crippen molar-refractivity contribution in [1.82, 2.24) is 14.8 Å². The van der Waals surface area contributed by atoms with E-state index in [1.807, 2.05) is 17.2 Å². The van der Waals surface area contributed by atoms with E-state index in [9.17, 15) is 9.90 Å². The van der Waals surface area contributed by atoms with Crippen molar-refractivity contribution in [2.75, 3.05) is 32.7 Å². The van der Waals surface area contributed by atoms with Crippen LogP contribution in [0.5, 0.6) is 0 Å². The Morgan fingerprint density at radius 2 is 2.14 bits per heavy atom. The summed E-state index contributed by atoms with van der Waals surface area (Å²) in [5, 5.41) is 13.8. The fraction of sp³-hybridized carbons (Fsp3) is 0.750. The first kappa shape index (κ1) is 15.9. The van der Waals surface area contributed by atoms with Crippen LogP contribution in [0, 0.1) is 6.92 Å². The average molecular weight is 323 g/mol. The van der Waals surface area contributed by atoms with Gasteiger partial charge in [0.1, 0.15) is 0 Å². The minimum Gasteiger partial charge on any atom is -0.387 e. The fourth-order valence-corrected chi connectivity index (χ4v) is 4.18. The van der Waals surface area contributed by atoms with Crippen LogP contribution in [0.1, 0.15) is 36.4 Å². The fourth-order valence-electron chi connectivity index (χ4n) is 3.57. The van der Waals surface area contributed by atoms with Gasteiger partial charge >= 0.3 is 0 Å². The second-order valence-corrected chi connectivity index (χ2v) is 7.72. The molecule has 2 saturated heterocycles. The number of aryl methyl sites for hydroxylation is 1. The minimum absolute atomic E-state index is 0.0878. The van der Waals surface area contributed by atoms with Gasteiger partial charge in [-0.3, -0.25) is 4.79 Å². The Morgan fingerprint density at radius 3 is 2.82 bits per heavy atom. The maximum Gasteiger partial charge on any atom is 0.228 e. The van der Waals surface area contributed by atoms with Gasteiger partial charge in [-0.25, -0.2) is 4.98 Å². The molecule has 1 N–H and O–H groups in total. The summed E-state index contributed by atoms with van der Waals surface area (Å²) < 4.78 is 0. The van der Waals surface area contributed by atoms with Crippen molar-refractivity contribution in [3.8, 4) is 0 Å². The normalized spacial score (nSPS) is 26.5. The Labute approximate surface area is 135 Å². The molecule has 6 heteroatoms. The molecule has 3 rings (SSSR count). The molecule has 2 aliphatic heterocycles. The number of aliphatic hydroxyl groups is 1.